The number of fused-ring (bicyclic) bond motifs is 6. The molecule has 4 aliphatic rings. The Labute approximate surface area is 258 Å². The van der Waals surface area contributed by atoms with E-state index in [0.29, 0.717) is 49.0 Å². The van der Waals surface area contributed by atoms with Gasteiger partial charge in [-0.2, -0.15) is 9.61 Å². The maximum absolute atomic E-state index is 12.7. The molecule has 1 spiro atoms. The van der Waals surface area contributed by atoms with Crippen LogP contribution in [0.15, 0.2) is 24.6 Å². The summed E-state index contributed by atoms with van der Waals surface area (Å²) in [4.78, 5) is 19.7. The maximum Gasteiger partial charge on any atom is 0.337 e. The van der Waals surface area contributed by atoms with Crippen molar-refractivity contribution in [2.24, 2.45) is 0 Å². The molecule has 0 aromatic carbocycles. The van der Waals surface area contributed by atoms with E-state index < -0.39 is 23.3 Å². The normalized spacial score (nSPS) is 21.9. The van der Waals surface area contributed by atoms with Crippen molar-refractivity contribution >= 4 is 17.4 Å². The van der Waals surface area contributed by atoms with Crippen molar-refractivity contribution < 1.29 is 24.1 Å². The second-order valence-corrected chi connectivity index (χ2v) is 13.7. The van der Waals surface area contributed by atoms with Crippen LogP contribution in [-0.4, -0.2) is 71.6 Å². The number of carbonyl (C=O) groups is 1. The lowest BCUT2D eigenvalue weighted by atomic mass is 9.82. The lowest BCUT2D eigenvalue weighted by Crippen LogP contribution is -2.45. The highest BCUT2D eigenvalue weighted by Crippen LogP contribution is 2.40. The highest BCUT2D eigenvalue weighted by Gasteiger charge is 2.39. The SMILES string of the molecule is Cc1nc2cc3nn2c(c1[C@H](OC(C)(C)C)C(=O)O)N1CCC(C)(CC1)O/C=C\CCOC1(CCCCC1)c1cn(nn1)C3. The second kappa shape index (κ2) is 11.8. The number of piperidine rings is 1. The van der Waals surface area contributed by atoms with Crippen LogP contribution in [0.5, 0.6) is 0 Å². The summed E-state index contributed by atoms with van der Waals surface area (Å²) in [6, 6.07) is 1.94. The Balaban J connectivity index is 1.46. The molecule has 2 fully saturated rings. The van der Waals surface area contributed by atoms with E-state index in [2.05, 4.69) is 22.1 Å². The number of carboxylic acids is 1. The molecule has 7 rings (SSSR count). The van der Waals surface area contributed by atoms with Crippen LogP contribution in [-0.2, 0) is 31.2 Å². The van der Waals surface area contributed by atoms with Crippen molar-refractivity contribution in [1.82, 2.24) is 29.6 Å². The van der Waals surface area contributed by atoms with E-state index >= 15 is 0 Å². The van der Waals surface area contributed by atoms with Gasteiger partial charge in [-0.05, 0) is 60.0 Å². The van der Waals surface area contributed by atoms with Crippen molar-refractivity contribution in [3.8, 4) is 0 Å². The fraction of sp³-hybridized carbons (Fsp3) is 0.656. The Morgan fingerprint density at radius 1 is 1.14 bits per heavy atom. The topological polar surface area (TPSA) is 129 Å². The molecule has 1 saturated carbocycles. The minimum absolute atomic E-state index is 0.344. The summed E-state index contributed by atoms with van der Waals surface area (Å²) in [5.41, 5.74) is 1.90. The second-order valence-electron chi connectivity index (χ2n) is 13.7. The number of aliphatic carboxylic acids is 1. The van der Waals surface area contributed by atoms with Gasteiger partial charge in [-0.15, -0.1) is 5.10 Å². The first-order valence-electron chi connectivity index (χ1n) is 15.9. The predicted octanol–water partition coefficient (Wildman–Crippen LogP) is 5.09. The smallest absolute Gasteiger partial charge is 0.337 e. The fourth-order valence-electron chi connectivity index (χ4n) is 6.70. The molecule has 3 aliphatic heterocycles. The summed E-state index contributed by atoms with van der Waals surface area (Å²) in [5, 5.41) is 24.4. The van der Waals surface area contributed by atoms with E-state index in [-0.39, 0.29) is 5.60 Å². The molecule has 238 valence electrons. The summed E-state index contributed by atoms with van der Waals surface area (Å²) in [7, 11) is 0. The summed E-state index contributed by atoms with van der Waals surface area (Å²) < 4.78 is 22.6. The lowest BCUT2D eigenvalue weighted by Gasteiger charge is -2.41. The van der Waals surface area contributed by atoms with Crippen molar-refractivity contribution in [1.29, 1.82) is 0 Å². The third kappa shape index (κ3) is 6.19. The first kappa shape index (κ1) is 30.5. The van der Waals surface area contributed by atoms with E-state index in [1.807, 2.05) is 52.3 Å². The number of carboxylic acid groups (broad SMARTS) is 1. The predicted molar refractivity (Wildman–Crippen MR) is 163 cm³/mol. The first-order valence-corrected chi connectivity index (χ1v) is 15.9. The standard InChI is InChI=1S/C32H45N7O5/c1-22-26(27(29(40)41)44-30(2,3)4)28-37-15-13-31(5,14-16-37)42-17-9-10-18-43-32(11-7-6-8-12-32)24-21-38(36-34-24)20-23-19-25(33-22)39(28)35-23/h9,17,19,21,27H,6-8,10-16,18,20H2,1-5H3,(H,40,41)/b17-9-/t27-/m0/s1. The van der Waals surface area contributed by atoms with Gasteiger partial charge in [0.05, 0.1) is 42.5 Å². The zero-order valence-electron chi connectivity index (χ0n) is 26.6. The summed E-state index contributed by atoms with van der Waals surface area (Å²) in [6.45, 7) is 11.9. The quantitative estimate of drug-likeness (QED) is 0.430. The minimum atomic E-state index is -1.21. The van der Waals surface area contributed by atoms with Crippen LogP contribution in [0.1, 0.15) is 108 Å². The molecule has 12 nitrogen and oxygen atoms in total. The van der Waals surface area contributed by atoms with Gasteiger partial charge in [0.1, 0.15) is 22.7 Å². The molecule has 6 bridgehead atoms. The zero-order chi connectivity index (χ0) is 31.1. The van der Waals surface area contributed by atoms with Gasteiger partial charge in [-0.1, -0.05) is 24.5 Å². The van der Waals surface area contributed by atoms with Crippen molar-refractivity contribution in [3.63, 3.8) is 0 Å². The van der Waals surface area contributed by atoms with Crippen LogP contribution >= 0.6 is 0 Å². The van der Waals surface area contributed by atoms with Crippen molar-refractivity contribution in [2.75, 3.05) is 24.6 Å². The average Bonchev–Trinajstić information content (AvgIpc) is 3.60. The van der Waals surface area contributed by atoms with E-state index in [1.165, 1.54) is 6.42 Å². The molecule has 0 radical (unpaired) electrons. The minimum Gasteiger partial charge on any atom is -0.495 e. The highest BCUT2D eigenvalue weighted by molar-refractivity contribution is 5.78. The van der Waals surface area contributed by atoms with E-state index in [4.69, 9.17) is 24.3 Å². The monoisotopic (exact) mass is 607 g/mol. The number of rotatable bonds is 3. The number of anilines is 1. The Bertz CT molecular complexity index is 1520. The average molecular weight is 608 g/mol. The largest absolute Gasteiger partial charge is 0.495 e. The number of ether oxygens (including phenoxy) is 3. The van der Waals surface area contributed by atoms with Gasteiger partial charge in [-0.25, -0.2) is 14.5 Å². The zero-order valence-corrected chi connectivity index (χ0v) is 26.6. The van der Waals surface area contributed by atoms with E-state index in [0.717, 1.165) is 56.3 Å². The molecule has 44 heavy (non-hydrogen) atoms. The molecule has 0 unspecified atom stereocenters. The van der Waals surface area contributed by atoms with Gasteiger partial charge in [0.25, 0.3) is 0 Å². The Morgan fingerprint density at radius 2 is 1.89 bits per heavy atom. The van der Waals surface area contributed by atoms with Crippen molar-refractivity contribution in [2.45, 2.75) is 115 Å². The Kier molecular flexibility index (Phi) is 8.17. The molecular formula is C32H45N7O5. The summed E-state index contributed by atoms with van der Waals surface area (Å²) in [6.07, 6.45) is 12.1. The van der Waals surface area contributed by atoms with Gasteiger partial charge in [-0.3, -0.25) is 0 Å². The molecule has 3 aromatic heterocycles. The third-order valence-electron chi connectivity index (χ3n) is 9.04. The molecule has 1 saturated heterocycles. The van der Waals surface area contributed by atoms with Gasteiger partial charge < -0.3 is 24.2 Å². The number of aryl methyl sites for hydroxylation is 1. The first-order chi connectivity index (χ1) is 21.0. The number of nitrogens with zero attached hydrogens (tertiary/aromatic N) is 7. The molecule has 1 aliphatic carbocycles. The molecule has 6 heterocycles. The molecule has 1 N–H and O–H groups in total. The van der Waals surface area contributed by atoms with Crippen LogP contribution in [0.3, 0.4) is 0 Å². The third-order valence-corrected chi connectivity index (χ3v) is 9.04. The Hall–Kier alpha value is -3.51. The van der Waals surface area contributed by atoms with Gasteiger partial charge in [0.2, 0.25) is 0 Å². The van der Waals surface area contributed by atoms with Gasteiger partial charge >= 0.3 is 5.97 Å². The molecule has 3 aromatic rings. The van der Waals surface area contributed by atoms with Crippen LogP contribution in [0.25, 0.3) is 5.65 Å². The summed E-state index contributed by atoms with van der Waals surface area (Å²) in [5.74, 6) is -0.368. The van der Waals surface area contributed by atoms with E-state index in [1.54, 1.807) is 9.20 Å². The fourth-order valence-corrected chi connectivity index (χ4v) is 6.70. The molecule has 1 atom stereocenters. The van der Waals surface area contributed by atoms with Gasteiger partial charge in [0.15, 0.2) is 11.8 Å². The number of hydrogen-bond donors (Lipinski definition) is 1. The lowest BCUT2D eigenvalue weighted by molar-refractivity contribution is -0.160. The number of aromatic nitrogens is 6. The van der Waals surface area contributed by atoms with Crippen LogP contribution < -0.4 is 4.90 Å². The maximum atomic E-state index is 12.7. The van der Waals surface area contributed by atoms with Crippen LogP contribution in [0.4, 0.5) is 5.82 Å². The van der Waals surface area contributed by atoms with Gasteiger partial charge in [0, 0.05) is 37.7 Å². The van der Waals surface area contributed by atoms with E-state index in [9.17, 15) is 9.90 Å². The molecular weight excluding hydrogens is 562 g/mol. The van der Waals surface area contributed by atoms with Crippen molar-refractivity contribution in [3.05, 3.63) is 47.2 Å². The molecule has 12 heteroatoms. The number of hydrogen-bond acceptors (Lipinski definition) is 9. The summed E-state index contributed by atoms with van der Waals surface area (Å²) >= 11 is 0. The highest BCUT2D eigenvalue weighted by atomic mass is 16.5. The Morgan fingerprint density at radius 3 is 2.59 bits per heavy atom. The van der Waals surface area contributed by atoms with Crippen LogP contribution in [0.2, 0.25) is 0 Å². The molecule has 0 amide bonds. The van der Waals surface area contributed by atoms with Crippen LogP contribution in [0, 0.1) is 6.92 Å².